The molecular formula is C6H15N2. The van der Waals surface area contributed by atoms with Crippen LogP contribution in [0.3, 0.4) is 0 Å². The predicted octanol–water partition coefficient (Wildman–Crippen LogP) is 0.275. The first-order valence-corrected chi connectivity index (χ1v) is 3.03. The van der Waals surface area contributed by atoms with Crippen LogP contribution in [0.2, 0.25) is 0 Å². The highest BCUT2D eigenvalue weighted by molar-refractivity contribution is 4.85. The molecule has 0 bridgehead atoms. The van der Waals surface area contributed by atoms with Crippen LogP contribution in [0.15, 0.2) is 0 Å². The monoisotopic (exact) mass is 115 g/mol. The minimum atomic E-state index is 0.130. The predicted molar refractivity (Wildman–Crippen MR) is 36.2 cm³/mol. The molecule has 0 spiro atoms. The number of rotatable bonds is 3. The highest BCUT2D eigenvalue weighted by atomic mass is 14.7. The molecule has 8 heavy (non-hydrogen) atoms. The highest BCUT2D eigenvalue weighted by Crippen LogP contribution is 1.93. The molecule has 2 unspecified atom stereocenters. The van der Waals surface area contributed by atoms with Gasteiger partial charge in [0.2, 0.25) is 0 Å². The van der Waals surface area contributed by atoms with Gasteiger partial charge in [0.15, 0.2) is 0 Å². The Bertz CT molecular complexity index is 52.5. The van der Waals surface area contributed by atoms with Crippen molar-refractivity contribution in [1.82, 2.24) is 0 Å². The van der Waals surface area contributed by atoms with E-state index in [-0.39, 0.29) is 12.1 Å². The maximum Gasteiger partial charge on any atom is 0.00830 e. The van der Waals surface area contributed by atoms with Crippen molar-refractivity contribution in [2.45, 2.75) is 32.4 Å². The van der Waals surface area contributed by atoms with Gasteiger partial charge in [0.25, 0.3) is 0 Å². The summed E-state index contributed by atoms with van der Waals surface area (Å²) in [5.41, 5.74) is 11.0. The van der Waals surface area contributed by atoms with Crippen LogP contribution >= 0.6 is 0 Å². The van der Waals surface area contributed by atoms with Crippen LogP contribution < -0.4 is 11.5 Å². The summed E-state index contributed by atoms with van der Waals surface area (Å²) in [5, 5.41) is 0. The molecule has 0 heterocycles. The Morgan fingerprint density at radius 2 is 2.00 bits per heavy atom. The first-order valence-electron chi connectivity index (χ1n) is 3.03. The van der Waals surface area contributed by atoms with Crippen molar-refractivity contribution in [2.75, 3.05) is 0 Å². The van der Waals surface area contributed by atoms with Crippen molar-refractivity contribution in [1.29, 1.82) is 0 Å². The van der Waals surface area contributed by atoms with E-state index in [2.05, 4.69) is 0 Å². The molecule has 0 aliphatic heterocycles. The second kappa shape index (κ2) is 3.87. The van der Waals surface area contributed by atoms with E-state index in [0.717, 1.165) is 6.42 Å². The van der Waals surface area contributed by atoms with Crippen molar-refractivity contribution >= 4 is 0 Å². The summed E-state index contributed by atoms with van der Waals surface area (Å²) in [6.45, 7) is 3.97. The Balaban J connectivity index is 3.10. The molecule has 0 amide bonds. The summed E-state index contributed by atoms with van der Waals surface area (Å²) in [6, 6.07) is 0.306. The van der Waals surface area contributed by atoms with E-state index in [0.29, 0.717) is 0 Å². The van der Waals surface area contributed by atoms with E-state index in [9.17, 15) is 0 Å². The summed E-state index contributed by atoms with van der Waals surface area (Å²) in [5.74, 6) is 0. The quantitative estimate of drug-likeness (QED) is 0.555. The van der Waals surface area contributed by atoms with E-state index in [1.807, 2.05) is 20.3 Å². The fraction of sp³-hybridized carbons (Fsp3) is 0.833. The van der Waals surface area contributed by atoms with Gasteiger partial charge in [-0.2, -0.15) is 0 Å². The molecule has 49 valence electrons. The summed E-state index contributed by atoms with van der Waals surface area (Å²) in [7, 11) is 0. The third kappa shape index (κ3) is 4.09. The molecule has 0 aromatic heterocycles. The van der Waals surface area contributed by atoms with Gasteiger partial charge in [-0.15, -0.1) is 0 Å². The highest BCUT2D eigenvalue weighted by Gasteiger charge is 2.01. The van der Waals surface area contributed by atoms with Crippen molar-refractivity contribution in [3.8, 4) is 0 Å². The molecule has 0 saturated carbocycles. The molecule has 0 aliphatic rings. The summed E-state index contributed by atoms with van der Waals surface area (Å²) >= 11 is 0. The Morgan fingerprint density at radius 3 is 2.12 bits per heavy atom. The van der Waals surface area contributed by atoms with Gasteiger partial charge >= 0.3 is 0 Å². The smallest absolute Gasteiger partial charge is 0.00830 e. The van der Waals surface area contributed by atoms with Crippen LogP contribution in [-0.4, -0.2) is 12.1 Å². The van der Waals surface area contributed by atoms with Gasteiger partial charge in [0.1, 0.15) is 0 Å². The SMILES string of the molecule is CCC(N)[CH]C(C)N. The lowest BCUT2D eigenvalue weighted by molar-refractivity contribution is 0.661. The maximum absolute atomic E-state index is 5.54. The minimum absolute atomic E-state index is 0.130. The van der Waals surface area contributed by atoms with Crippen LogP contribution in [0.4, 0.5) is 0 Å². The lowest BCUT2D eigenvalue weighted by Gasteiger charge is -2.09. The third-order valence-electron chi connectivity index (χ3n) is 1.02. The van der Waals surface area contributed by atoms with E-state index < -0.39 is 0 Å². The minimum Gasteiger partial charge on any atom is -0.328 e. The molecule has 0 rings (SSSR count). The van der Waals surface area contributed by atoms with Gasteiger partial charge in [-0.05, 0) is 19.8 Å². The molecule has 1 radical (unpaired) electrons. The van der Waals surface area contributed by atoms with E-state index in [1.165, 1.54) is 0 Å². The van der Waals surface area contributed by atoms with Gasteiger partial charge < -0.3 is 11.5 Å². The van der Waals surface area contributed by atoms with E-state index in [4.69, 9.17) is 11.5 Å². The van der Waals surface area contributed by atoms with Crippen LogP contribution in [0.1, 0.15) is 20.3 Å². The van der Waals surface area contributed by atoms with Crippen molar-refractivity contribution in [2.24, 2.45) is 11.5 Å². The molecule has 0 aromatic rings. The Morgan fingerprint density at radius 1 is 1.50 bits per heavy atom. The second-order valence-corrected chi connectivity index (χ2v) is 2.12. The molecule has 4 N–H and O–H groups in total. The van der Waals surface area contributed by atoms with E-state index in [1.54, 1.807) is 0 Å². The largest absolute Gasteiger partial charge is 0.328 e. The lowest BCUT2D eigenvalue weighted by atomic mass is 10.1. The zero-order valence-corrected chi connectivity index (χ0v) is 5.59. The summed E-state index contributed by atoms with van der Waals surface area (Å²) < 4.78 is 0. The zero-order chi connectivity index (χ0) is 6.57. The normalized spacial score (nSPS) is 18.0. The van der Waals surface area contributed by atoms with Crippen LogP contribution in [0.5, 0.6) is 0 Å². The van der Waals surface area contributed by atoms with Crippen LogP contribution in [-0.2, 0) is 0 Å². The number of hydrogen-bond acceptors (Lipinski definition) is 2. The van der Waals surface area contributed by atoms with Gasteiger partial charge in [0, 0.05) is 12.1 Å². The maximum atomic E-state index is 5.54. The Hall–Kier alpha value is -0.0800. The van der Waals surface area contributed by atoms with Gasteiger partial charge in [-0.1, -0.05) is 6.92 Å². The van der Waals surface area contributed by atoms with Crippen molar-refractivity contribution in [3.05, 3.63) is 6.42 Å². The van der Waals surface area contributed by atoms with E-state index >= 15 is 0 Å². The van der Waals surface area contributed by atoms with Crippen molar-refractivity contribution in [3.63, 3.8) is 0 Å². The average Bonchev–Trinajstić information content (AvgIpc) is 1.65. The molecule has 2 atom stereocenters. The van der Waals surface area contributed by atoms with Gasteiger partial charge in [0.05, 0.1) is 0 Å². The van der Waals surface area contributed by atoms with Crippen molar-refractivity contribution < 1.29 is 0 Å². The first kappa shape index (κ1) is 7.92. The molecular weight excluding hydrogens is 100 g/mol. The zero-order valence-electron chi connectivity index (χ0n) is 5.59. The summed E-state index contributed by atoms with van der Waals surface area (Å²) in [4.78, 5) is 0. The summed E-state index contributed by atoms with van der Waals surface area (Å²) in [6.07, 6.45) is 2.92. The molecule has 0 saturated heterocycles. The first-order chi connectivity index (χ1) is 3.66. The number of hydrogen-bond donors (Lipinski definition) is 2. The fourth-order valence-corrected chi connectivity index (χ4v) is 0.526. The van der Waals surface area contributed by atoms with Gasteiger partial charge in [-0.25, -0.2) is 0 Å². The fourth-order valence-electron chi connectivity index (χ4n) is 0.526. The van der Waals surface area contributed by atoms with Crippen LogP contribution in [0.25, 0.3) is 0 Å². The lowest BCUT2D eigenvalue weighted by Crippen LogP contribution is -2.29. The standard InChI is InChI=1S/C6H15N2/c1-3-6(8)4-5(2)7/h4-6H,3,7-8H2,1-2H3. The molecule has 0 fully saturated rings. The molecule has 0 aromatic carbocycles. The third-order valence-corrected chi connectivity index (χ3v) is 1.02. The second-order valence-electron chi connectivity index (χ2n) is 2.12. The number of nitrogens with two attached hydrogens (primary N) is 2. The Labute approximate surface area is 51.2 Å². The topological polar surface area (TPSA) is 52.0 Å². The molecule has 0 aliphatic carbocycles. The Kier molecular flexibility index (Phi) is 3.83. The molecule has 2 heteroatoms. The van der Waals surface area contributed by atoms with Crippen LogP contribution in [0, 0.1) is 6.42 Å². The molecule has 2 nitrogen and oxygen atoms in total. The van der Waals surface area contributed by atoms with Gasteiger partial charge in [-0.3, -0.25) is 0 Å². The average molecular weight is 115 g/mol.